The Balaban J connectivity index is 2.22. The van der Waals surface area contributed by atoms with Crippen molar-refractivity contribution in [3.63, 3.8) is 0 Å². The number of aromatic nitrogens is 3. The maximum atomic E-state index is 4.53. The fraction of sp³-hybridized carbons (Fsp3) is 0. The first kappa shape index (κ1) is 11.6. The third-order valence-corrected chi connectivity index (χ3v) is 3.86. The van der Waals surface area contributed by atoms with E-state index in [1.165, 1.54) is 5.39 Å². The zero-order chi connectivity index (χ0) is 13.5. The first-order valence-corrected chi connectivity index (χ1v) is 7.10. The molecule has 0 unspecified atom stereocenters. The van der Waals surface area contributed by atoms with Gasteiger partial charge in [0, 0.05) is 27.6 Å². The maximum Gasteiger partial charge on any atom is 0.146 e. The Morgan fingerprint density at radius 3 is 2.60 bits per heavy atom. The van der Waals surface area contributed by atoms with Crippen molar-refractivity contribution in [2.45, 2.75) is 0 Å². The summed E-state index contributed by atoms with van der Waals surface area (Å²) in [6.45, 7) is 0. The van der Waals surface area contributed by atoms with E-state index in [1.807, 2.05) is 36.5 Å². The molecule has 4 aromatic rings. The van der Waals surface area contributed by atoms with Crippen LogP contribution < -0.4 is 0 Å². The second-order valence-electron chi connectivity index (χ2n) is 4.56. The molecular formula is C16H10BrN3. The summed E-state index contributed by atoms with van der Waals surface area (Å²) in [6, 6.07) is 16.2. The highest BCUT2D eigenvalue weighted by molar-refractivity contribution is 9.10. The van der Waals surface area contributed by atoms with Crippen LogP contribution >= 0.6 is 15.9 Å². The number of nitrogens with zero attached hydrogens (tertiary/aromatic N) is 3. The van der Waals surface area contributed by atoms with Crippen LogP contribution in [0.5, 0.6) is 0 Å². The fourth-order valence-corrected chi connectivity index (χ4v) is 2.90. The molecule has 0 aliphatic carbocycles. The number of hydrogen-bond donors (Lipinski definition) is 0. The molecule has 0 amide bonds. The lowest BCUT2D eigenvalue weighted by Crippen LogP contribution is -1.97. The van der Waals surface area contributed by atoms with E-state index in [2.05, 4.69) is 48.7 Å². The van der Waals surface area contributed by atoms with Crippen molar-refractivity contribution in [2.24, 2.45) is 0 Å². The molecule has 0 radical (unpaired) electrons. The number of rotatable bonds is 1. The van der Waals surface area contributed by atoms with Crippen LogP contribution in [-0.4, -0.2) is 14.5 Å². The van der Waals surface area contributed by atoms with Crippen LogP contribution in [0.4, 0.5) is 0 Å². The summed E-state index contributed by atoms with van der Waals surface area (Å²) in [5.41, 5.74) is 2.04. The average Bonchev–Trinajstić information content (AvgIpc) is 2.82. The molecule has 0 atom stereocenters. The van der Waals surface area contributed by atoms with Crippen molar-refractivity contribution >= 4 is 37.9 Å². The summed E-state index contributed by atoms with van der Waals surface area (Å²) in [7, 11) is 0. The van der Waals surface area contributed by atoms with Crippen LogP contribution in [0.25, 0.3) is 27.8 Å². The molecule has 1 aromatic carbocycles. The monoisotopic (exact) mass is 323 g/mol. The van der Waals surface area contributed by atoms with E-state index in [0.29, 0.717) is 0 Å². The van der Waals surface area contributed by atoms with Crippen molar-refractivity contribution in [2.75, 3.05) is 0 Å². The predicted molar refractivity (Wildman–Crippen MR) is 84.1 cm³/mol. The smallest absolute Gasteiger partial charge is 0.146 e. The summed E-state index contributed by atoms with van der Waals surface area (Å²) in [5.74, 6) is 0.883. The molecule has 0 saturated heterocycles. The Kier molecular flexibility index (Phi) is 2.57. The first-order chi connectivity index (χ1) is 9.84. The zero-order valence-corrected chi connectivity index (χ0v) is 12.1. The van der Waals surface area contributed by atoms with Crippen molar-refractivity contribution < 1.29 is 0 Å². The molecule has 0 bridgehead atoms. The van der Waals surface area contributed by atoms with Gasteiger partial charge in [-0.3, -0.25) is 4.57 Å². The summed E-state index contributed by atoms with van der Waals surface area (Å²) in [6.07, 6.45) is 3.62. The minimum atomic E-state index is 0.883. The molecular weight excluding hydrogens is 314 g/mol. The van der Waals surface area contributed by atoms with Gasteiger partial charge in [-0.05, 0) is 42.5 Å². The molecule has 3 aromatic heterocycles. The molecule has 0 spiro atoms. The lowest BCUT2D eigenvalue weighted by atomic mass is 10.2. The van der Waals surface area contributed by atoms with Gasteiger partial charge in [0.15, 0.2) is 0 Å². The second kappa shape index (κ2) is 4.42. The largest absolute Gasteiger partial charge is 0.278 e. The van der Waals surface area contributed by atoms with Crippen LogP contribution in [0.1, 0.15) is 0 Å². The van der Waals surface area contributed by atoms with E-state index in [-0.39, 0.29) is 0 Å². The van der Waals surface area contributed by atoms with Crippen LogP contribution in [0.15, 0.2) is 65.4 Å². The molecule has 4 heteroatoms. The normalized spacial score (nSPS) is 11.2. The Morgan fingerprint density at radius 1 is 0.850 bits per heavy atom. The van der Waals surface area contributed by atoms with Crippen molar-refractivity contribution in [1.82, 2.24) is 14.5 Å². The molecule has 3 heterocycles. The lowest BCUT2D eigenvalue weighted by molar-refractivity contribution is 1.06. The van der Waals surface area contributed by atoms with Crippen LogP contribution in [-0.2, 0) is 0 Å². The van der Waals surface area contributed by atoms with Crippen molar-refractivity contribution in [1.29, 1.82) is 0 Å². The van der Waals surface area contributed by atoms with Gasteiger partial charge in [-0.1, -0.05) is 22.0 Å². The molecule has 0 N–H and O–H groups in total. The van der Waals surface area contributed by atoms with Gasteiger partial charge < -0.3 is 0 Å². The van der Waals surface area contributed by atoms with Gasteiger partial charge in [-0.25, -0.2) is 9.97 Å². The fourth-order valence-electron chi connectivity index (χ4n) is 2.54. The van der Waals surface area contributed by atoms with Gasteiger partial charge in [0.25, 0.3) is 0 Å². The topological polar surface area (TPSA) is 30.7 Å². The molecule has 0 saturated carbocycles. The van der Waals surface area contributed by atoms with E-state index in [9.17, 15) is 0 Å². The molecule has 0 fully saturated rings. The highest BCUT2D eigenvalue weighted by Crippen LogP contribution is 2.31. The number of pyridine rings is 2. The third-order valence-electron chi connectivity index (χ3n) is 3.37. The zero-order valence-electron chi connectivity index (χ0n) is 10.5. The van der Waals surface area contributed by atoms with E-state index in [4.69, 9.17) is 0 Å². The van der Waals surface area contributed by atoms with Gasteiger partial charge in [0.05, 0.1) is 5.52 Å². The number of fused-ring (bicyclic) bond motifs is 3. The van der Waals surface area contributed by atoms with Crippen LogP contribution in [0.3, 0.4) is 0 Å². The maximum absolute atomic E-state index is 4.53. The molecule has 0 aliphatic heterocycles. The summed E-state index contributed by atoms with van der Waals surface area (Å²) in [5, 5.41) is 2.31. The van der Waals surface area contributed by atoms with Crippen LogP contribution in [0, 0.1) is 0 Å². The third kappa shape index (κ3) is 1.65. The van der Waals surface area contributed by atoms with Crippen molar-refractivity contribution in [3.8, 4) is 5.82 Å². The molecule has 96 valence electrons. The molecule has 0 aliphatic rings. The Hall–Kier alpha value is -2.20. The first-order valence-electron chi connectivity index (χ1n) is 6.31. The quantitative estimate of drug-likeness (QED) is 0.521. The summed E-state index contributed by atoms with van der Waals surface area (Å²) < 4.78 is 3.16. The Bertz CT molecular complexity index is 913. The minimum Gasteiger partial charge on any atom is -0.278 e. The second-order valence-corrected chi connectivity index (χ2v) is 5.48. The Morgan fingerprint density at radius 2 is 1.75 bits per heavy atom. The van der Waals surface area contributed by atoms with Crippen LogP contribution in [0.2, 0.25) is 0 Å². The highest BCUT2D eigenvalue weighted by atomic mass is 79.9. The van der Waals surface area contributed by atoms with Gasteiger partial charge >= 0.3 is 0 Å². The van der Waals surface area contributed by atoms with E-state index < -0.39 is 0 Å². The summed E-state index contributed by atoms with van der Waals surface area (Å²) >= 11 is 3.54. The number of benzene rings is 1. The highest BCUT2D eigenvalue weighted by Gasteiger charge is 2.13. The van der Waals surface area contributed by atoms with E-state index >= 15 is 0 Å². The van der Waals surface area contributed by atoms with Gasteiger partial charge in [0.1, 0.15) is 11.5 Å². The minimum absolute atomic E-state index is 0.883. The lowest BCUT2D eigenvalue weighted by Gasteiger charge is -2.04. The molecule has 4 rings (SSSR count). The van der Waals surface area contributed by atoms with Gasteiger partial charge in [-0.2, -0.15) is 0 Å². The predicted octanol–water partition coefficient (Wildman–Crippen LogP) is 4.34. The van der Waals surface area contributed by atoms with Crippen molar-refractivity contribution in [3.05, 3.63) is 65.4 Å². The average molecular weight is 324 g/mol. The number of halogens is 1. The molecule has 3 nitrogen and oxygen atoms in total. The standard InChI is InChI=1S/C16H10BrN3/c17-11-6-7-14-13(10-11)12-4-3-9-19-16(12)20(14)15-5-1-2-8-18-15/h1-10H. The van der Waals surface area contributed by atoms with Gasteiger partial charge in [0.2, 0.25) is 0 Å². The van der Waals surface area contributed by atoms with E-state index in [1.54, 1.807) is 6.20 Å². The summed E-state index contributed by atoms with van der Waals surface area (Å²) in [4.78, 5) is 8.99. The SMILES string of the molecule is Brc1ccc2c(c1)c1cccnc1n2-c1ccccn1. The van der Waals surface area contributed by atoms with E-state index in [0.717, 1.165) is 26.8 Å². The Labute approximate surface area is 124 Å². The molecule has 20 heavy (non-hydrogen) atoms. The van der Waals surface area contributed by atoms with Gasteiger partial charge in [-0.15, -0.1) is 0 Å². The number of hydrogen-bond acceptors (Lipinski definition) is 2.